The van der Waals surface area contributed by atoms with E-state index >= 15 is 0 Å². The molecular formula is C16H25NO3. The topological polar surface area (TPSA) is 41.9 Å². The molecule has 1 aliphatic heterocycles. The van der Waals surface area contributed by atoms with E-state index in [2.05, 4.69) is 18.7 Å². The highest BCUT2D eigenvalue weighted by Gasteiger charge is 2.23. The third-order valence-corrected chi connectivity index (χ3v) is 4.20. The van der Waals surface area contributed by atoms with E-state index in [4.69, 9.17) is 9.47 Å². The zero-order valence-corrected chi connectivity index (χ0v) is 12.8. The number of hydrogen-bond acceptors (Lipinski definition) is 4. The van der Waals surface area contributed by atoms with Crippen molar-refractivity contribution < 1.29 is 14.6 Å². The highest BCUT2D eigenvalue weighted by Crippen LogP contribution is 2.37. The Bertz CT molecular complexity index is 436. The molecule has 1 heterocycles. The number of piperidine rings is 1. The Kier molecular flexibility index (Phi) is 4.76. The smallest absolute Gasteiger partial charge is 0.200 e. The SMILES string of the molecule is COc1cc(CN2CCC(C)CC2C)cc(OC)c1O. The Morgan fingerprint density at radius 3 is 2.30 bits per heavy atom. The summed E-state index contributed by atoms with van der Waals surface area (Å²) in [7, 11) is 3.12. The van der Waals surface area contributed by atoms with Gasteiger partial charge in [0.2, 0.25) is 5.75 Å². The van der Waals surface area contributed by atoms with E-state index < -0.39 is 0 Å². The third kappa shape index (κ3) is 3.18. The van der Waals surface area contributed by atoms with Gasteiger partial charge in [-0.25, -0.2) is 0 Å². The number of hydrogen-bond donors (Lipinski definition) is 1. The molecule has 1 aliphatic rings. The van der Waals surface area contributed by atoms with Crippen molar-refractivity contribution in [3.05, 3.63) is 17.7 Å². The fraction of sp³-hybridized carbons (Fsp3) is 0.625. The van der Waals surface area contributed by atoms with Gasteiger partial charge in [-0.15, -0.1) is 0 Å². The van der Waals surface area contributed by atoms with E-state index in [1.807, 2.05) is 12.1 Å². The second kappa shape index (κ2) is 6.35. The molecule has 0 radical (unpaired) electrons. The minimum Gasteiger partial charge on any atom is -0.502 e. The van der Waals surface area contributed by atoms with Gasteiger partial charge in [-0.2, -0.15) is 0 Å². The second-order valence-electron chi connectivity index (χ2n) is 5.80. The maximum atomic E-state index is 9.94. The van der Waals surface area contributed by atoms with E-state index in [9.17, 15) is 5.11 Å². The summed E-state index contributed by atoms with van der Waals surface area (Å²) in [5, 5.41) is 9.94. The van der Waals surface area contributed by atoms with Gasteiger partial charge in [-0.3, -0.25) is 4.90 Å². The first-order chi connectivity index (χ1) is 9.55. The zero-order valence-electron chi connectivity index (χ0n) is 12.8. The Morgan fingerprint density at radius 2 is 1.80 bits per heavy atom. The van der Waals surface area contributed by atoms with Crippen LogP contribution in [0.2, 0.25) is 0 Å². The lowest BCUT2D eigenvalue weighted by Gasteiger charge is -2.36. The quantitative estimate of drug-likeness (QED) is 0.920. The van der Waals surface area contributed by atoms with E-state index in [0.717, 1.165) is 24.6 Å². The molecule has 1 N–H and O–H groups in total. The summed E-state index contributed by atoms with van der Waals surface area (Å²) in [5.74, 6) is 1.82. The number of phenolic OH excluding ortho intramolecular Hbond substituents is 1. The Hall–Kier alpha value is -1.42. The maximum absolute atomic E-state index is 9.94. The molecule has 0 amide bonds. The van der Waals surface area contributed by atoms with E-state index in [-0.39, 0.29) is 5.75 Å². The highest BCUT2D eigenvalue weighted by atomic mass is 16.5. The Labute approximate surface area is 121 Å². The molecular weight excluding hydrogens is 254 g/mol. The summed E-state index contributed by atoms with van der Waals surface area (Å²) in [5.41, 5.74) is 1.11. The molecule has 4 nitrogen and oxygen atoms in total. The summed E-state index contributed by atoms with van der Waals surface area (Å²) in [6.07, 6.45) is 2.49. The van der Waals surface area contributed by atoms with Gasteiger partial charge in [0.05, 0.1) is 14.2 Å². The lowest BCUT2D eigenvalue weighted by atomic mass is 9.93. The number of phenols is 1. The van der Waals surface area contributed by atoms with Crippen LogP contribution in [0.3, 0.4) is 0 Å². The fourth-order valence-corrected chi connectivity index (χ4v) is 2.96. The highest BCUT2D eigenvalue weighted by molar-refractivity contribution is 5.52. The van der Waals surface area contributed by atoms with Gasteiger partial charge in [-0.1, -0.05) is 6.92 Å². The van der Waals surface area contributed by atoms with Gasteiger partial charge in [0, 0.05) is 12.6 Å². The molecule has 2 unspecified atom stereocenters. The molecule has 0 aromatic heterocycles. The third-order valence-electron chi connectivity index (χ3n) is 4.20. The first kappa shape index (κ1) is 15.0. The monoisotopic (exact) mass is 279 g/mol. The number of aromatic hydroxyl groups is 1. The first-order valence-electron chi connectivity index (χ1n) is 7.23. The molecule has 1 fully saturated rings. The lowest BCUT2D eigenvalue weighted by Crippen LogP contribution is -2.39. The molecule has 0 saturated carbocycles. The van der Waals surface area contributed by atoms with Crippen molar-refractivity contribution in [3.8, 4) is 17.2 Å². The number of likely N-dealkylation sites (tertiary alicyclic amines) is 1. The van der Waals surface area contributed by atoms with Crippen LogP contribution in [0, 0.1) is 5.92 Å². The summed E-state index contributed by atoms with van der Waals surface area (Å²) in [4.78, 5) is 2.48. The van der Waals surface area contributed by atoms with Gasteiger partial charge in [0.25, 0.3) is 0 Å². The van der Waals surface area contributed by atoms with Gasteiger partial charge in [-0.05, 0) is 49.9 Å². The summed E-state index contributed by atoms with van der Waals surface area (Å²) in [6.45, 7) is 6.58. The van der Waals surface area contributed by atoms with Gasteiger partial charge in [0.15, 0.2) is 11.5 Å². The normalized spacial score (nSPS) is 23.6. The van der Waals surface area contributed by atoms with Gasteiger partial charge >= 0.3 is 0 Å². The van der Waals surface area contributed by atoms with Crippen LogP contribution in [0.4, 0.5) is 0 Å². The molecule has 20 heavy (non-hydrogen) atoms. The van der Waals surface area contributed by atoms with Crippen molar-refractivity contribution in [1.82, 2.24) is 4.90 Å². The molecule has 2 rings (SSSR count). The number of methoxy groups -OCH3 is 2. The molecule has 0 spiro atoms. The van der Waals surface area contributed by atoms with Crippen LogP contribution >= 0.6 is 0 Å². The molecule has 0 bridgehead atoms. The maximum Gasteiger partial charge on any atom is 0.200 e. The van der Waals surface area contributed by atoms with Crippen LogP contribution in [0.15, 0.2) is 12.1 Å². The van der Waals surface area contributed by atoms with Crippen molar-refractivity contribution in [2.24, 2.45) is 5.92 Å². The molecule has 1 saturated heterocycles. The predicted molar refractivity (Wildman–Crippen MR) is 79.5 cm³/mol. The minimum absolute atomic E-state index is 0.0686. The first-order valence-corrected chi connectivity index (χ1v) is 7.23. The molecule has 112 valence electrons. The van der Waals surface area contributed by atoms with Crippen LogP contribution in [0.25, 0.3) is 0 Å². The molecule has 4 heteroatoms. The zero-order chi connectivity index (χ0) is 14.7. The predicted octanol–water partition coefficient (Wildman–Crippen LogP) is 3.03. The lowest BCUT2D eigenvalue weighted by molar-refractivity contribution is 0.122. The van der Waals surface area contributed by atoms with Crippen LogP contribution in [-0.4, -0.2) is 36.8 Å². The summed E-state index contributed by atoms with van der Waals surface area (Å²) >= 11 is 0. The standard InChI is InChI=1S/C16H25NO3/c1-11-5-6-17(12(2)7-11)10-13-8-14(19-3)16(18)15(9-13)20-4/h8-9,11-12,18H,5-7,10H2,1-4H3. The van der Waals surface area contributed by atoms with Crippen LogP contribution in [0.1, 0.15) is 32.3 Å². The Morgan fingerprint density at radius 1 is 1.20 bits per heavy atom. The molecule has 1 aromatic rings. The van der Waals surface area contributed by atoms with Crippen molar-refractivity contribution >= 4 is 0 Å². The van der Waals surface area contributed by atoms with Gasteiger partial charge < -0.3 is 14.6 Å². The molecule has 1 aromatic carbocycles. The van der Waals surface area contributed by atoms with Crippen molar-refractivity contribution in [1.29, 1.82) is 0 Å². The van der Waals surface area contributed by atoms with E-state index in [1.54, 1.807) is 14.2 Å². The summed E-state index contributed by atoms with van der Waals surface area (Å²) < 4.78 is 10.4. The average Bonchev–Trinajstić information content (AvgIpc) is 2.43. The van der Waals surface area contributed by atoms with Crippen LogP contribution < -0.4 is 9.47 Å². The fourth-order valence-electron chi connectivity index (χ4n) is 2.96. The van der Waals surface area contributed by atoms with Crippen molar-refractivity contribution in [3.63, 3.8) is 0 Å². The summed E-state index contributed by atoms with van der Waals surface area (Å²) in [6, 6.07) is 4.37. The van der Waals surface area contributed by atoms with Crippen LogP contribution in [0.5, 0.6) is 17.2 Å². The van der Waals surface area contributed by atoms with Crippen LogP contribution in [-0.2, 0) is 6.54 Å². The molecule has 0 aliphatic carbocycles. The average molecular weight is 279 g/mol. The van der Waals surface area contributed by atoms with E-state index in [1.165, 1.54) is 12.8 Å². The van der Waals surface area contributed by atoms with Crippen molar-refractivity contribution in [2.45, 2.75) is 39.3 Å². The molecule has 2 atom stereocenters. The van der Waals surface area contributed by atoms with Gasteiger partial charge in [0.1, 0.15) is 0 Å². The number of benzene rings is 1. The Balaban J connectivity index is 2.16. The number of ether oxygens (including phenoxy) is 2. The minimum atomic E-state index is 0.0686. The second-order valence-corrected chi connectivity index (χ2v) is 5.80. The largest absolute Gasteiger partial charge is 0.502 e. The number of rotatable bonds is 4. The van der Waals surface area contributed by atoms with E-state index in [0.29, 0.717) is 17.5 Å². The van der Waals surface area contributed by atoms with Crippen molar-refractivity contribution in [2.75, 3.05) is 20.8 Å². The number of nitrogens with zero attached hydrogens (tertiary/aromatic N) is 1.